The normalized spacial score (nSPS) is 10.3. The third-order valence-corrected chi connectivity index (χ3v) is 2.26. The number of pyridine rings is 1. The molecule has 2 N–H and O–H groups in total. The van der Waals surface area contributed by atoms with Gasteiger partial charge in [-0.05, 0) is 23.7 Å². The first-order valence-electron chi connectivity index (χ1n) is 4.52. The lowest BCUT2D eigenvalue weighted by atomic mass is 9.78. The molecule has 0 aliphatic rings. The van der Waals surface area contributed by atoms with Crippen molar-refractivity contribution in [1.82, 2.24) is 4.98 Å². The average Bonchev–Trinajstić information content (AvgIpc) is 2.27. The summed E-state index contributed by atoms with van der Waals surface area (Å²) in [5, 5.41) is 19.1. The van der Waals surface area contributed by atoms with Gasteiger partial charge in [-0.25, -0.2) is 0 Å². The lowest BCUT2D eigenvalue weighted by Crippen LogP contribution is -2.30. The fourth-order valence-electron chi connectivity index (χ4n) is 1.58. The largest absolute Gasteiger partial charge is 0.496 e. The van der Waals surface area contributed by atoms with E-state index in [1.165, 1.54) is 13.3 Å². The lowest BCUT2D eigenvalue weighted by Gasteiger charge is -2.08. The van der Waals surface area contributed by atoms with Crippen LogP contribution in [0.4, 0.5) is 0 Å². The topological polar surface area (TPSA) is 62.6 Å². The van der Waals surface area contributed by atoms with E-state index < -0.39 is 7.12 Å². The first kappa shape index (κ1) is 9.95. The molecule has 0 amide bonds. The second kappa shape index (κ2) is 3.88. The Labute approximate surface area is 87.3 Å². The minimum Gasteiger partial charge on any atom is -0.496 e. The summed E-state index contributed by atoms with van der Waals surface area (Å²) < 4.78 is 5.16. The standard InChI is InChI=1S/C10H10BNO3/c1-15-9-4-2-3-8-10(9)7(11(13)14)5-6-12-8/h2-6,13-14H,1H3. The molecule has 0 aliphatic carbocycles. The van der Waals surface area contributed by atoms with Crippen LogP contribution in [0.5, 0.6) is 5.75 Å². The van der Waals surface area contributed by atoms with Crippen molar-refractivity contribution in [3.05, 3.63) is 30.5 Å². The fraction of sp³-hybridized carbons (Fsp3) is 0.100. The molecule has 76 valence electrons. The van der Waals surface area contributed by atoms with Crippen LogP contribution >= 0.6 is 0 Å². The minimum atomic E-state index is -1.52. The Balaban J connectivity index is 2.81. The second-order valence-electron chi connectivity index (χ2n) is 3.13. The number of hydrogen-bond acceptors (Lipinski definition) is 4. The predicted octanol–water partition coefficient (Wildman–Crippen LogP) is -0.0768. The molecule has 1 aromatic heterocycles. The van der Waals surface area contributed by atoms with Crippen LogP contribution in [0.1, 0.15) is 0 Å². The second-order valence-corrected chi connectivity index (χ2v) is 3.13. The Morgan fingerprint density at radius 1 is 1.27 bits per heavy atom. The quantitative estimate of drug-likeness (QED) is 0.670. The summed E-state index contributed by atoms with van der Waals surface area (Å²) in [5.41, 5.74) is 1.08. The van der Waals surface area contributed by atoms with Crippen LogP contribution in [-0.4, -0.2) is 29.3 Å². The van der Waals surface area contributed by atoms with Gasteiger partial charge in [-0.15, -0.1) is 0 Å². The van der Waals surface area contributed by atoms with Crippen LogP contribution in [0.3, 0.4) is 0 Å². The van der Waals surface area contributed by atoms with Crippen LogP contribution in [-0.2, 0) is 0 Å². The maximum Gasteiger partial charge on any atom is 0.489 e. The third-order valence-electron chi connectivity index (χ3n) is 2.26. The number of nitrogens with zero attached hydrogens (tertiary/aromatic N) is 1. The van der Waals surface area contributed by atoms with E-state index in [2.05, 4.69) is 4.98 Å². The number of hydrogen-bond donors (Lipinski definition) is 2. The molecule has 0 aliphatic heterocycles. The number of aromatic nitrogens is 1. The van der Waals surface area contributed by atoms with Crippen molar-refractivity contribution >= 4 is 23.5 Å². The van der Waals surface area contributed by atoms with Gasteiger partial charge in [0.05, 0.1) is 12.6 Å². The van der Waals surface area contributed by atoms with Gasteiger partial charge in [-0.3, -0.25) is 4.98 Å². The molecule has 0 atom stereocenters. The van der Waals surface area contributed by atoms with E-state index in [9.17, 15) is 10.0 Å². The van der Waals surface area contributed by atoms with E-state index in [0.29, 0.717) is 22.1 Å². The molecule has 0 saturated carbocycles. The maximum atomic E-state index is 9.21. The number of methoxy groups -OCH3 is 1. The maximum absolute atomic E-state index is 9.21. The van der Waals surface area contributed by atoms with E-state index in [4.69, 9.17) is 4.74 Å². The van der Waals surface area contributed by atoms with Crippen molar-refractivity contribution in [2.45, 2.75) is 0 Å². The molecule has 5 heteroatoms. The van der Waals surface area contributed by atoms with Gasteiger partial charge in [-0.2, -0.15) is 0 Å². The molecule has 4 nitrogen and oxygen atoms in total. The highest BCUT2D eigenvalue weighted by Crippen LogP contribution is 2.21. The minimum absolute atomic E-state index is 0.400. The zero-order chi connectivity index (χ0) is 10.8. The van der Waals surface area contributed by atoms with Crippen molar-refractivity contribution in [1.29, 1.82) is 0 Å². The van der Waals surface area contributed by atoms with Gasteiger partial charge in [0.15, 0.2) is 0 Å². The highest BCUT2D eigenvalue weighted by molar-refractivity contribution is 6.62. The number of ether oxygens (including phenoxy) is 1. The van der Waals surface area contributed by atoms with Gasteiger partial charge in [-0.1, -0.05) is 6.07 Å². The molecule has 1 heterocycles. The van der Waals surface area contributed by atoms with E-state index in [0.717, 1.165) is 0 Å². The smallest absolute Gasteiger partial charge is 0.489 e. The van der Waals surface area contributed by atoms with Crippen molar-refractivity contribution in [2.24, 2.45) is 0 Å². The third kappa shape index (κ3) is 1.67. The molecule has 0 fully saturated rings. The Kier molecular flexibility index (Phi) is 2.57. The molecule has 0 spiro atoms. The number of fused-ring (bicyclic) bond motifs is 1. The van der Waals surface area contributed by atoms with Crippen molar-refractivity contribution in [3.8, 4) is 5.75 Å². The summed E-state index contributed by atoms with van der Waals surface area (Å²) >= 11 is 0. The highest BCUT2D eigenvalue weighted by Gasteiger charge is 2.17. The number of rotatable bonds is 2. The summed E-state index contributed by atoms with van der Waals surface area (Å²) in [6.45, 7) is 0. The number of benzene rings is 1. The van der Waals surface area contributed by atoms with E-state index in [-0.39, 0.29) is 0 Å². The molecular weight excluding hydrogens is 193 g/mol. The van der Waals surface area contributed by atoms with Gasteiger partial charge in [0.1, 0.15) is 5.75 Å². The molecule has 0 bridgehead atoms. The molecule has 2 rings (SSSR count). The Morgan fingerprint density at radius 2 is 2.07 bits per heavy atom. The Morgan fingerprint density at radius 3 is 2.73 bits per heavy atom. The van der Waals surface area contributed by atoms with Gasteiger partial charge >= 0.3 is 7.12 Å². The van der Waals surface area contributed by atoms with Crippen LogP contribution in [0.25, 0.3) is 10.9 Å². The zero-order valence-electron chi connectivity index (χ0n) is 8.21. The molecular formula is C10H10BNO3. The Bertz CT molecular complexity index is 482. The fourth-order valence-corrected chi connectivity index (χ4v) is 1.58. The van der Waals surface area contributed by atoms with Crippen molar-refractivity contribution in [2.75, 3.05) is 7.11 Å². The van der Waals surface area contributed by atoms with Crippen LogP contribution in [0.2, 0.25) is 0 Å². The van der Waals surface area contributed by atoms with Gasteiger partial charge in [0, 0.05) is 11.6 Å². The summed E-state index contributed by atoms with van der Waals surface area (Å²) in [4.78, 5) is 4.13. The molecule has 0 unspecified atom stereocenters. The lowest BCUT2D eigenvalue weighted by molar-refractivity contribution is 0.417. The molecule has 15 heavy (non-hydrogen) atoms. The van der Waals surface area contributed by atoms with Crippen molar-refractivity contribution in [3.63, 3.8) is 0 Å². The molecule has 0 radical (unpaired) electrons. The highest BCUT2D eigenvalue weighted by atomic mass is 16.5. The molecule has 2 aromatic rings. The van der Waals surface area contributed by atoms with Crippen LogP contribution < -0.4 is 10.2 Å². The van der Waals surface area contributed by atoms with E-state index >= 15 is 0 Å². The Hall–Kier alpha value is -1.59. The summed E-state index contributed by atoms with van der Waals surface area (Å²) in [6, 6.07) is 6.93. The van der Waals surface area contributed by atoms with E-state index in [1.807, 2.05) is 6.07 Å². The zero-order valence-corrected chi connectivity index (χ0v) is 8.21. The monoisotopic (exact) mass is 203 g/mol. The van der Waals surface area contributed by atoms with Gasteiger partial charge < -0.3 is 14.8 Å². The average molecular weight is 203 g/mol. The first-order chi connectivity index (χ1) is 7.24. The summed E-state index contributed by atoms with van der Waals surface area (Å²) in [7, 11) is 0.0155. The van der Waals surface area contributed by atoms with Crippen LogP contribution in [0, 0.1) is 0 Å². The van der Waals surface area contributed by atoms with Crippen molar-refractivity contribution < 1.29 is 14.8 Å². The first-order valence-corrected chi connectivity index (χ1v) is 4.52. The van der Waals surface area contributed by atoms with Gasteiger partial charge in [0.25, 0.3) is 0 Å². The predicted molar refractivity (Wildman–Crippen MR) is 58.1 cm³/mol. The van der Waals surface area contributed by atoms with Crippen LogP contribution in [0.15, 0.2) is 30.5 Å². The molecule has 1 aromatic carbocycles. The molecule has 0 saturated heterocycles. The SMILES string of the molecule is COc1cccc2nccc(B(O)O)c12. The van der Waals surface area contributed by atoms with Gasteiger partial charge in [0.2, 0.25) is 0 Å². The van der Waals surface area contributed by atoms with E-state index in [1.54, 1.807) is 18.2 Å². The summed E-state index contributed by atoms with van der Waals surface area (Å²) in [5.74, 6) is 0.587. The summed E-state index contributed by atoms with van der Waals surface area (Å²) in [6.07, 6.45) is 1.54.